The van der Waals surface area contributed by atoms with Gasteiger partial charge in [0, 0.05) is 0 Å². The molecule has 0 aromatic carbocycles. The number of hydrogen-bond acceptors (Lipinski definition) is 6. The van der Waals surface area contributed by atoms with Crippen LogP contribution in [0.3, 0.4) is 0 Å². The van der Waals surface area contributed by atoms with Gasteiger partial charge in [-0.05, 0) is 70.1 Å². The van der Waals surface area contributed by atoms with E-state index in [0.717, 1.165) is 19.3 Å². The number of hydrogen-bond donors (Lipinski definition) is 0. The van der Waals surface area contributed by atoms with Gasteiger partial charge in [-0.15, -0.1) is 5.10 Å². The third kappa shape index (κ3) is 2.17. The van der Waals surface area contributed by atoms with E-state index in [-0.39, 0.29) is 17.8 Å². The Morgan fingerprint density at radius 2 is 1.77 bits per heavy atom. The van der Waals surface area contributed by atoms with E-state index in [1.807, 2.05) is 4.68 Å². The number of aromatic nitrogens is 5. The Morgan fingerprint density at radius 3 is 2.35 bits per heavy atom. The number of carbonyl (C=O) groups excluding carboxylic acids is 1. The molecule has 2 aromatic rings. The first-order chi connectivity index (χ1) is 12.5. The minimum absolute atomic E-state index is 0.162. The van der Waals surface area contributed by atoms with Gasteiger partial charge in [-0.3, -0.25) is 4.79 Å². The molecule has 4 fully saturated rings. The standard InChI is InChI=1S/C18H23N5O3/c1-3-26-16(25)14-15(24)22-17(19-10(2)20-22)23(21-14)18-7-11-4-12(8-18)6-13(5-11)9-18/h11-13H,3-9H2,1-2H3. The van der Waals surface area contributed by atoms with Crippen molar-refractivity contribution in [1.82, 2.24) is 24.4 Å². The Hall–Kier alpha value is -2.25. The summed E-state index contributed by atoms with van der Waals surface area (Å²) in [6.45, 7) is 3.67. The van der Waals surface area contributed by atoms with E-state index in [4.69, 9.17) is 4.74 Å². The predicted octanol–water partition coefficient (Wildman–Crippen LogP) is 1.70. The highest BCUT2D eigenvalue weighted by Gasteiger charge is 2.53. The van der Waals surface area contributed by atoms with Gasteiger partial charge in [0.2, 0.25) is 5.69 Å². The summed E-state index contributed by atoms with van der Waals surface area (Å²) in [7, 11) is 0. The lowest BCUT2D eigenvalue weighted by molar-refractivity contribution is -0.0488. The minimum Gasteiger partial charge on any atom is -0.461 e. The van der Waals surface area contributed by atoms with Gasteiger partial charge in [0.15, 0.2) is 0 Å². The number of ether oxygens (including phenoxy) is 1. The van der Waals surface area contributed by atoms with Crippen LogP contribution in [0, 0.1) is 24.7 Å². The second-order valence-corrected chi connectivity index (χ2v) is 8.30. The first kappa shape index (κ1) is 16.0. The normalized spacial score (nSPS) is 32.3. The maximum Gasteiger partial charge on any atom is 0.364 e. The second kappa shape index (κ2) is 5.37. The van der Waals surface area contributed by atoms with E-state index in [2.05, 4.69) is 15.2 Å². The molecule has 8 nitrogen and oxygen atoms in total. The molecule has 4 bridgehead atoms. The number of nitrogens with zero attached hydrogens (tertiary/aromatic N) is 5. The Labute approximate surface area is 150 Å². The topological polar surface area (TPSA) is 91.4 Å². The summed E-state index contributed by atoms with van der Waals surface area (Å²) in [6.07, 6.45) is 7.01. The summed E-state index contributed by atoms with van der Waals surface area (Å²) in [4.78, 5) is 29.5. The maximum atomic E-state index is 12.7. The monoisotopic (exact) mass is 357 g/mol. The Bertz CT molecular complexity index is 924. The summed E-state index contributed by atoms with van der Waals surface area (Å²) in [5.74, 6) is 2.38. The first-order valence-electron chi connectivity index (χ1n) is 9.53. The van der Waals surface area contributed by atoms with Gasteiger partial charge in [-0.2, -0.15) is 14.6 Å². The molecule has 26 heavy (non-hydrogen) atoms. The number of fused-ring (bicyclic) bond motifs is 1. The smallest absolute Gasteiger partial charge is 0.364 e. The minimum atomic E-state index is -0.689. The number of carbonyl (C=O) groups is 1. The Morgan fingerprint density at radius 1 is 1.15 bits per heavy atom. The third-order valence-corrected chi connectivity index (χ3v) is 6.40. The van der Waals surface area contributed by atoms with E-state index in [0.29, 0.717) is 29.4 Å². The van der Waals surface area contributed by atoms with E-state index in [9.17, 15) is 9.59 Å². The quantitative estimate of drug-likeness (QED) is 0.777. The van der Waals surface area contributed by atoms with Crippen LogP contribution in [0.4, 0.5) is 0 Å². The highest BCUT2D eigenvalue weighted by atomic mass is 16.5. The predicted molar refractivity (Wildman–Crippen MR) is 91.9 cm³/mol. The molecule has 0 spiro atoms. The van der Waals surface area contributed by atoms with Crippen LogP contribution in [0.15, 0.2) is 4.79 Å². The van der Waals surface area contributed by atoms with Crippen molar-refractivity contribution in [3.05, 3.63) is 21.9 Å². The van der Waals surface area contributed by atoms with Crippen LogP contribution in [0.25, 0.3) is 5.78 Å². The van der Waals surface area contributed by atoms with E-state index in [1.165, 1.54) is 23.8 Å². The lowest BCUT2D eigenvalue weighted by Gasteiger charge is -2.56. The van der Waals surface area contributed by atoms with Crippen molar-refractivity contribution in [3.63, 3.8) is 0 Å². The van der Waals surface area contributed by atoms with E-state index >= 15 is 0 Å². The van der Waals surface area contributed by atoms with E-state index in [1.54, 1.807) is 13.8 Å². The van der Waals surface area contributed by atoms with Gasteiger partial charge in [-0.25, -0.2) is 9.48 Å². The molecule has 138 valence electrons. The largest absolute Gasteiger partial charge is 0.461 e. The second-order valence-electron chi connectivity index (χ2n) is 8.30. The molecule has 0 atom stereocenters. The fourth-order valence-corrected chi connectivity index (χ4v) is 5.94. The van der Waals surface area contributed by atoms with Crippen molar-refractivity contribution in [2.24, 2.45) is 17.8 Å². The highest BCUT2D eigenvalue weighted by Crippen LogP contribution is 2.58. The summed E-state index contributed by atoms with van der Waals surface area (Å²) in [6, 6.07) is 0. The molecule has 4 aliphatic rings. The summed E-state index contributed by atoms with van der Waals surface area (Å²) in [5, 5.41) is 8.76. The van der Waals surface area contributed by atoms with Gasteiger partial charge in [0.1, 0.15) is 5.82 Å². The average molecular weight is 357 g/mol. The third-order valence-electron chi connectivity index (χ3n) is 6.40. The number of esters is 1. The zero-order chi connectivity index (χ0) is 18.1. The van der Waals surface area contributed by atoms with Crippen molar-refractivity contribution in [2.45, 2.75) is 57.9 Å². The van der Waals surface area contributed by atoms with Crippen molar-refractivity contribution < 1.29 is 9.53 Å². The molecular weight excluding hydrogens is 334 g/mol. The molecule has 0 aliphatic heterocycles. The molecule has 0 amide bonds. The zero-order valence-electron chi connectivity index (χ0n) is 15.1. The van der Waals surface area contributed by atoms with Gasteiger partial charge >= 0.3 is 11.5 Å². The summed E-state index contributed by atoms with van der Waals surface area (Å²) < 4.78 is 8.14. The molecule has 0 N–H and O–H groups in total. The fraction of sp³-hybridized carbons (Fsp3) is 0.722. The molecule has 2 aromatic heterocycles. The van der Waals surface area contributed by atoms with Crippen molar-refractivity contribution in [1.29, 1.82) is 0 Å². The molecule has 0 unspecified atom stereocenters. The van der Waals surface area contributed by atoms with Crippen molar-refractivity contribution in [3.8, 4) is 0 Å². The average Bonchev–Trinajstić information content (AvgIpc) is 2.96. The van der Waals surface area contributed by atoms with Gasteiger partial charge < -0.3 is 4.74 Å². The molecule has 0 saturated heterocycles. The molecule has 8 heteroatoms. The maximum absolute atomic E-state index is 12.7. The molecular formula is C18H23N5O3. The van der Waals surface area contributed by atoms with Crippen LogP contribution in [0.2, 0.25) is 0 Å². The van der Waals surface area contributed by atoms with Gasteiger partial charge in [-0.1, -0.05) is 0 Å². The van der Waals surface area contributed by atoms with E-state index < -0.39 is 11.5 Å². The number of aryl methyl sites for hydroxylation is 1. The molecule has 0 radical (unpaired) electrons. The Kier molecular flexibility index (Phi) is 3.30. The van der Waals surface area contributed by atoms with Crippen LogP contribution in [-0.2, 0) is 10.3 Å². The lowest BCUT2D eigenvalue weighted by atomic mass is 9.53. The zero-order valence-corrected chi connectivity index (χ0v) is 15.1. The summed E-state index contributed by atoms with van der Waals surface area (Å²) >= 11 is 0. The summed E-state index contributed by atoms with van der Waals surface area (Å²) in [5.41, 5.74) is -0.912. The highest BCUT2D eigenvalue weighted by molar-refractivity contribution is 5.86. The van der Waals surface area contributed by atoms with Gasteiger partial charge in [0.25, 0.3) is 5.78 Å². The molecule has 4 aliphatic carbocycles. The fourth-order valence-electron chi connectivity index (χ4n) is 5.94. The van der Waals surface area contributed by atoms with Crippen LogP contribution in [0.1, 0.15) is 61.8 Å². The van der Waals surface area contributed by atoms with Crippen LogP contribution in [0.5, 0.6) is 0 Å². The molecule has 2 heterocycles. The SMILES string of the molecule is CCOC(=O)c1nn(C23CC4CC(CC(C4)C2)C3)c2nc(C)nn2c1=O. The van der Waals surface area contributed by atoms with Crippen molar-refractivity contribution in [2.75, 3.05) is 6.61 Å². The van der Waals surface area contributed by atoms with Crippen LogP contribution >= 0.6 is 0 Å². The van der Waals surface area contributed by atoms with Crippen LogP contribution < -0.4 is 5.56 Å². The lowest BCUT2D eigenvalue weighted by Crippen LogP contribution is -2.53. The Balaban J connectivity index is 1.73. The van der Waals surface area contributed by atoms with Gasteiger partial charge in [0.05, 0.1) is 12.1 Å². The van der Waals surface area contributed by atoms with Crippen molar-refractivity contribution >= 4 is 11.7 Å². The molecule has 4 saturated carbocycles. The molecule has 6 rings (SSSR count). The number of rotatable bonds is 3. The first-order valence-corrected chi connectivity index (χ1v) is 9.53. The van der Waals surface area contributed by atoms with Crippen LogP contribution in [-0.4, -0.2) is 37.0 Å².